The lowest BCUT2D eigenvalue weighted by molar-refractivity contribution is -0.132. The summed E-state index contributed by atoms with van der Waals surface area (Å²) in [6, 6.07) is 18.6. The van der Waals surface area contributed by atoms with Gasteiger partial charge in [-0.25, -0.2) is 0 Å². The number of aromatic amines is 1. The number of rotatable bonds is 6. The van der Waals surface area contributed by atoms with Crippen molar-refractivity contribution in [1.29, 1.82) is 0 Å². The number of ether oxygens (including phenoxy) is 3. The molecule has 0 saturated carbocycles. The van der Waals surface area contributed by atoms with E-state index in [-0.39, 0.29) is 16.9 Å². The molecule has 37 heavy (non-hydrogen) atoms. The molecule has 0 aliphatic carbocycles. The van der Waals surface area contributed by atoms with Gasteiger partial charge in [0.25, 0.3) is 11.7 Å². The van der Waals surface area contributed by atoms with Gasteiger partial charge < -0.3 is 24.3 Å². The summed E-state index contributed by atoms with van der Waals surface area (Å²) < 4.78 is 16.2. The number of carbonyl (C=O) groups excluding carboxylic acids is 2. The maximum absolute atomic E-state index is 13.6. The standard InChI is InChI=1S/C29H26N2O6/c1-16-24(20-10-5-6-11-22(20)30-16)26-25(27(32)21-15-19(36-3)12-13-23(21)37-4)28(33)29(34)31(26)17-8-7-9-18(14-17)35-2/h5-15,26,30,32H,1-4H3/b27-25+. The van der Waals surface area contributed by atoms with E-state index >= 15 is 0 Å². The van der Waals surface area contributed by atoms with Crippen molar-refractivity contribution in [1.82, 2.24) is 4.98 Å². The van der Waals surface area contributed by atoms with Crippen LogP contribution in [0.5, 0.6) is 17.2 Å². The number of H-pyrrole nitrogens is 1. The molecule has 0 radical (unpaired) electrons. The number of ketones is 1. The topological polar surface area (TPSA) is 101 Å². The predicted octanol–water partition coefficient (Wildman–Crippen LogP) is 5.13. The number of nitrogens with one attached hydrogen (secondary N) is 1. The number of amides is 1. The van der Waals surface area contributed by atoms with Gasteiger partial charge in [-0.15, -0.1) is 0 Å². The van der Waals surface area contributed by atoms with Crippen molar-refractivity contribution in [2.24, 2.45) is 0 Å². The highest BCUT2D eigenvalue weighted by Gasteiger charge is 2.48. The first kappa shape index (κ1) is 24.0. The molecule has 1 fully saturated rings. The average Bonchev–Trinajstić information content (AvgIpc) is 3.39. The fourth-order valence-corrected chi connectivity index (χ4v) is 4.93. The summed E-state index contributed by atoms with van der Waals surface area (Å²) in [5, 5.41) is 12.5. The highest BCUT2D eigenvalue weighted by Crippen LogP contribution is 2.47. The molecule has 1 aromatic heterocycles. The number of para-hydroxylation sites is 1. The molecule has 1 aliphatic rings. The first-order valence-electron chi connectivity index (χ1n) is 11.6. The quantitative estimate of drug-likeness (QED) is 0.217. The van der Waals surface area contributed by atoms with E-state index < -0.39 is 17.7 Å². The van der Waals surface area contributed by atoms with Gasteiger partial charge in [0, 0.05) is 33.9 Å². The Balaban J connectivity index is 1.84. The van der Waals surface area contributed by atoms with Gasteiger partial charge in [-0.3, -0.25) is 14.5 Å². The van der Waals surface area contributed by atoms with E-state index in [9.17, 15) is 14.7 Å². The summed E-state index contributed by atoms with van der Waals surface area (Å²) in [5.74, 6) is -0.590. The second kappa shape index (κ2) is 9.39. The summed E-state index contributed by atoms with van der Waals surface area (Å²) in [4.78, 5) is 32.0. The highest BCUT2D eigenvalue weighted by atomic mass is 16.5. The summed E-state index contributed by atoms with van der Waals surface area (Å²) >= 11 is 0. The Morgan fingerprint density at radius 3 is 2.35 bits per heavy atom. The Hall–Kier alpha value is -4.72. The van der Waals surface area contributed by atoms with Crippen LogP contribution in [0, 0.1) is 6.92 Å². The summed E-state index contributed by atoms with van der Waals surface area (Å²) in [5.41, 5.74) is 2.99. The van der Waals surface area contributed by atoms with E-state index in [1.54, 1.807) is 42.5 Å². The minimum Gasteiger partial charge on any atom is -0.507 e. The summed E-state index contributed by atoms with van der Waals surface area (Å²) in [6.07, 6.45) is 0. The van der Waals surface area contributed by atoms with E-state index in [0.717, 1.165) is 16.6 Å². The average molecular weight is 499 g/mol. The lowest BCUT2D eigenvalue weighted by Gasteiger charge is -2.26. The van der Waals surface area contributed by atoms with Crippen LogP contribution in [0.1, 0.15) is 22.9 Å². The molecule has 8 nitrogen and oxygen atoms in total. The van der Waals surface area contributed by atoms with Crippen molar-refractivity contribution in [3.8, 4) is 17.2 Å². The molecule has 5 rings (SSSR count). The molecule has 2 N–H and O–H groups in total. The fraction of sp³-hybridized carbons (Fsp3) is 0.172. The number of benzene rings is 3. The summed E-state index contributed by atoms with van der Waals surface area (Å²) in [7, 11) is 4.50. The van der Waals surface area contributed by atoms with Crippen LogP contribution < -0.4 is 19.1 Å². The normalized spacial score (nSPS) is 16.9. The van der Waals surface area contributed by atoms with Crippen LogP contribution in [0.25, 0.3) is 16.7 Å². The lowest BCUT2D eigenvalue weighted by Crippen LogP contribution is -2.29. The van der Waals surface area contributed by atoms with Crippen LogP contribution in [0.4, 0.5) is 5.69 Å². The first-order valence-corrected chi connectivity index (χ1v) is 11.6. The number of Topliss-reactive ketones (excluding diaryl/α,β-unsaturated/α-hetero) is 1. The van der Waals surface area contributed by atoms with Gasteiger partial charge >= 0.3 is 0 Å². The van der Waals surface area contributed by atoms with Gasteiger partial charge in [0.1, 0.15) is 23.0 Å². The van der Waals surface area contributed by atoms with Gasteiger partial charge in [0.05, 0.1) is 38.5 Å². The van der Waals surface area contributed by atoms with Gasteiger partial charge in [0.2, 0.25) is 0 Å². The molecule has 1 unspecified atom stereocenters. The second-order valence-electron chi connectivity index (χ2n) is 8.65. The zero-order chi connectivity index (χ0) is 26.3. The Morgan fingerprint density at radius 2 is 1.62 bits per heavy atom. The Morgan fingerprint density at radius 1 is 0.892 bits per heavy atom. The Kier molecular flexibility index (Phi) is 6.09. The molecule has 1 saturated heterocycles. The van der Waals surface area contributed by atoms with E-state index in [4.69, 9.17) is 14.2 Å². The number of hydrogen-bond donors (Lipinski definition) is 2. The third-order valence-electron chi connectivity index (χ3n) is 6.65. The third kappa shape index (κ3) is 3.87. The number of methoxy groups -OCH3 is 3. The number of hydrogen-bond acceptors (Lipinski definition) is 6. The molecule has 1 aliphatic heterocycles. The van der Waals surface area contributed by atoms with Crippen LogP contribution in [-0.4, -0.2) is 43.1 Å². The van der Waals surface area contributed by atoms with Crippen molar-refractivity contribution in [2.75, 3.05) is 26.2 Å². The zero-order valence-corrected chi connectivity index (χ0v) is 20.9. The molecule has 1 amide bonds. The fourth-order valence-electron chi connectivity index (χ4n) is 4.93. The molecule has 8 heteroatoms. The Labute approximate surface area is 213 Å². The van der Waals surface area contributed by atoms with Crippen molar-refractivity contribution in [3.63, 3.8) is 0 Å². The smallest absolute Gasteiger partial charge is 0.300 e. The molecule has 188 valence electrons. The number of anilines is 1. The highest BCUT2D eigenvalue weighted by molar-refractivity contribution is 6.52. The Bertz CT molecular complexity index is 1570. The lowest BCUT2D eigenvalue weighted by atomic mass is 9.93. The van der Waals surface area contributed by atoms with Gasteiger partial charge in [-0.2, -0.15) is 0 Å². The molecule has 3 aromatic carbocycles. The number of aliphatic hydroxyl groups excluding tert-OH is 1. The van der Waals surface area contributed by atoms with Crippen LogP contribution >= 0.6 is 0 Å². The number of nitrogens with zero attached hydrogens (tertiary/aromatic N) is 1. The molecular formula is C29H26N2O6. The number of aryl methyl sites for hydroxylation is 1. The molecule has 2 heterocycles. The van der Waals surface area contributed by atoms with Gasteiger partial charge in [-0.05, 0) is 43.3 Å². The zero-order valence-electron chi connectivity index (χ0n) is 20.9. The number of aliphatic hydroxyl groups is 1. The first-order chi connectivity index (χ1) is 17.9. The maximum Gasteiger partial charge on any atom is 0.300 e. The number of aromatic nitrogens is 1. The van der Waals surface area contributed by atoms with Crippen molar-refractivity contribution < 1.29 is 28.9 Å². The number of fused-ring (bicyclic) bond motifs is 1. The molecule has 1 atom stereocenters. The maximum atomic E-state index is 13.6. The van der Waals surface area contributed by atoms with Gasteiger partial charge in [-0.1, -0.05) is 24.3 Å². The SMILES string of the molecule is COc1cccc(N2C(=O)C(=O)/C(=C(/O)c3cc(OC)ccc3OC)C2c2c(C)[nH]c3ccccc23)c1. The van der Waals surface area contributed by atoms with Crippen LogP contribution in [0.2, 0.25) is 0 Å². The second-order valence-corrected chi connectivity index (χ2v) is 8.65. The van der Waals surface area contributed by atoms with Crippen molar-refractivity contribution >= 4 is 34.0 Å². The number of carbonyl (C=O) groups is 2. The molecule has 0 bridgehead atoms. The molecular weight excluding hydrogens is 472 g/mol. The third-order valence-corrected chi connectivity index (χ3v) is 6.65. The van der Waals surface area contributed by atoms with Crippen molar-refractivity contribution in [2.45, 2.75) is 13.0 Å². The monoisotopic (exact) mass is 498 g/mol. The van der Waals surface area contributed by atoms with Crippen LogP contribution in [0.3, 0.4) is 0 Å². The summed E-state index contributed by atoms with van der Waals surface area (Å²) in [6.45, 7) is 1.88. The van der Waals surface area contributed by atoms with Crippen LogP contribution in [0.15, 0.2) is 72.3 Å². The minimum atomic E-state index is -0.917. The van der Waals surface area contributed by atoms with Gasteiger partial charge in [0.15, 0.2) is 0 Å². The largest absolute Gasteiger partial charge is 0.507 e. The van der Waals surface area contributed by atoms with E-state index in [1.807, 2.05) is 31.2 Å². The minimum absolute atomic E-state index is 0.0489. The molecule has 0 spiro atoms. The predicted molar refractivity (Wildman–Crippen MR) is 140 cm³/mol. The van der Waals surface area contributed by atoms with Crippen LogP contribution in [-0.2, 0) is 9.59 Å². The van der Waals surface area contributed by atoms with E-state index in [1.165, 1.54) is 26.2 Å². The van der Waals surface area contributed by atoms with Crippen molar-refractivity contribution in [3.05, 3.63) is 89.1 Å². The van der Waals surface area contributed by atoms with E-state index in [2.05, 4.69) is 4.98 Å². The molecule has 4 aromatic rings. The van der Waals surface area contributed by atoms with E-state index in [0.29, 0.717) is 28.5 Å².